The van der Waals surface area contributed by atoms with Gasteiger partial charge < -0.3 is 20.4 Å². The van der Waals surface area contributed by atoms with Crippen molar-refractivity contribution in [3.8, 4) is 11.5 Å². The number of rotatable bonds is 8. The number of phenols is 2. The summed E-state index contributed by atoms with van der Waals surface area (Å²) in [6.07, 6.45) is 1.55. The van der Waals surface area contributed by atoms with E-state index in [-0.39, 0.29) is 24.7 Å². The predicted octanol–water partition coefficient (Wildman–Crippen LogP) is 4.85. The van der Waals surface area contributed by atoms with E-state index in [4.69, 9.17) is 0 Å². The molecule has 33 heavy (non-hydrogen) atoms. The molecule has 0 spiro atoms. The molecule has 4 nitrogen and oxygen atoms in total. The Bertz CT molecular complexity index is 1120. The molecule has 0 aliphatic heterocycles. The molecular formula is C29H28O4. The van der Waals surface area contributed by atoms with E-state index in [1.165, 1.54) is 0 Å². The molecule has 0 amide bonds. The lowest BCUT2D eigenvalue weighted by Gasteiger charge is -2.18. The molecule has 0 bridgehead atoms. The highest BCUT2D eigenvalue weighted by molar-refractivity contribution is 5.50. The molecule has 168 valence electrons. The number of hydrogen-bond donors (Lipinski definition) is 4. The Balaban J connectivity index is 1.72. The second-order valence-electron chi connectivity index (χ2n) is 8.30. The van der Waals surface area contributed by atoms with Gasteiger partial charge in [-0.3, -0.25) is 0 Å². The van der Waals surface area contributed by atoms with Crippen LogP contribution in [0.4, 0.5) is 0 Å². The second kappa shape index (κ2) is 10.3. The van der Waals surface area contributed by atoms with Crippen molar-refractivity contribution in [1.82, 2.24) is 0 Å². The molecule has 0 heterocycles. The van der Waals surface area contributed by atoms with Crippen LogP contribution in [0.25, 0.3) is 0 Å². The highest BCUT2D eigenvalue weighted by Gasteiger charge is 2.16. The summed E-state index contributed by atoms with van der Waals surface area (Å²) >= 11 is 0. The fourth-order valence-electron chi connectivity index (χ4n) is 4.43. The van der Waals surface area contributed by atoms with Crippen LogP contribution in [0.3, 0.4) is 0 Å². The van der Waals surface area contributed by atoms with E-state index in [0.29, 0.717) is 19.3 Å². The molecule has 0 fully saturated rings. The van der Waals surface area contributed by atoms with Crippen LogP contribution in [0.1, 0.15) is 44.5 Å². The summed E-state index contributed by atoms with van der Waals surface area (Å²) < 4.78 is 0. The third kappa shape index (κ3) is 5.43. The van der Waals surface area contributed by atoms with Gasteiger partial charge in [-0.1, -0.05) is 60.7 Å². The molecule has 0 radical (unpaired) electrons. The molecular weight excluding hydrogens is 412 g/mol. The molecule has 4 heteroatoms. The minimum Gasteiger partial charge on any atom is -0.508 e. The van der Waals surface area contributed by atoms with Gasteiger partial charge in [-0.05, 0) is 88.0 Å². The minimum atomic E-state index is -0.165. The molecule has 4 rings (SSSR count). The van der Waals surface area contributed by atoms with Gasteiger partial charge in [0.1, 0.15) is 11.5 Å². The van der Waals surface area contributed by atoms with E-state index < -0.39 is 0 Å². The van der Waals surface area contributed by atoms with Crippen molar-refractivity contribution in [2.45, 2.75) is 32.5 Å². The van der Waals surface area contributed by atoms with Gasteiger partial charge in [0.2, 0.25) is 0 Å². The summed E-state index contributed by atoms with van der Waals surface area (Å²) in [5.41, 5.74) is 6.94. The Morgan fingerprint density at radius 1 is 0.455 bits per heavy atom. The minimum absolute atomic E-state index is 0.128. The molecule has 4 aromatic rings. The first-order valence-electron chi connectivity index (χ1n) is 11.0. The van der Waals surface area contributed by atoms with Gasteiger partial charge in [-0.2, -0.15) is 0 Å². The second-order valence-corrected chi connectivity index (χ2v) is 8.30. The number of aromatic hydroxyl groups is 2. The maximum absolute atomic E-state index is 10.4. The Morgan fingerprint density at radius 3 is 1.12 bits per heavy atom. The molecule has 0 aliphatic carbocycles. The highest BCUT2D eigenvalue weighted by atomic mass is 16.3. The fraction of sp³-hybridized carbons (Fsp3) is 0.172. The molecule has 0 saturated carbocycles. The highest BCUT2D eigenvalue weighted by Crippen LogP contribution is 2.31. The lowest BCUT2D eigenvalue weighted by Crippen LogP contribution is -2.06. The zero-order valence-electron chi connectivity index (χ0n) is 18.4. The normalized spacial score (nSPS) is 11.0. The Labute approximate surface area is 194 Å². The van der Waals surface area contributed by atoms with Crippen LogP contribution in [0.5, 0.6) is 11.5 Å². The van der Waals surface area contributed by atoms with Crippen LogP contribution in [0.15, 0.2) is 84.9 Å². The van der Waals surface area contributed by atoms with Gasteiger partial charge in [0, 0.05) is 0 Å². The van der Waals surface area contributed by atoms with E-state index in [2.05, 4.69) is 0 Å². The van der Waals surface area contributed by atoms with Crippen molar-refractivity contribution >= 4 is 0 Å². The van der Waals surface area contributed by atoms with E-state index in [0.717, 1.165) is 44.5 Å². The topological polar surface area (TPSA) is 80.9 Å². The van der Waals surface area contributed by atoms with E-state index in [1.807, 2.05) is 60.7 Å². The summed E-state index contributed by atoms with van der Waals surface area (Å²) in [7, 11) is 0. The predicted molar refractivity (Wildman–Crippen MR) is 129 cm³/mol. The Morgan fingerprint density at radius 2 is 0.788 bits per heavy atom. The number of aliphatic hydroxyl groups excluding tert-OH is 2. The largest absolute Gasteiger partial charge is 0.508 e. The molecule has 0 aliphatic rings. The number of benzene rings is 4. The summed E-state index contributed by atoms with van der Waals surface area (Å²) in [4.78, 5) is 0. The summed E-state index contributed by atoms with van der Waals surface area (Å²) in [5.74, 6) is 0.256. The van der Waals surface area contributed by atoms with Gasteiger partial charge in [-0.25, -0.2) is 0 Å². The quantitative estimate of drug-likeness (QED) is 0.316. The van der Waals surface area contributed by atoms with E-state index in [1.54, 1.807) is 24.3 Å². The first-order chi connectivity index (χ1) is 16.1. The van der Waals surface area contributed by atoms with Crippen molar-refractivity contribution in [1.29, 1.82) is 0 Å². The standard InChI is InChI=1S/C29H28O4/c30-18-28-22(11-20-7-3-1-4-8-20)14-26(32)16-24(28)13-25-17-27(33)15-23(29(25)19-31)12-21-9-5-2-6-10-21/h1-10,14-17,30-33H,11-13,18-19H2. The van der Waals surface area contributed by atoms with Crippen LogP contribution >= 0.6 is 0 Å². The van der Waals surface area contributed by atoms with Gasteiger partial charge in [0.15, 0.2) is 0 Å². The third-order valence-corrected chi connectivity index (χ3v) is 6.01. The van der Waals surface area contributed by atoms with Gasteiger partial charge >= 0.3 is 0 Å². The maximum Gasteiger partial charge on any atom is 0.116 e. The maximum atomic E-state index is 10.4. The molecule has 0 aromatic heterocycles. The average Bonchev–Trinajstić information content (AvgIpc) is 2.80. The Hall–Kier alpha value is -3.60. The van der Waals surface area contributed by atoms with E-state index >= 15 is 0 Å². The summed E-state index contributed by atoms with van der Waals surface area (Å²) in [6, 6.07) is 26.5. The van der Waals surface area contributed by atoms with Gasteiger partial charge in [-0.15, -0.1) is 0 Å². The van der Waals surface area contributed by atoms with Crippen LogP contribution in [0, 0.1) is 0 Å². The molecule has 0 saturated heterocycles. The van der Waals surface area contributed by atoms with Crippen molar-refractivity contribution in [2.24, 2.45) is 0 Å². The smallest absolute Gasteiger partial charge is 0.116 e. The van der Waals surface area contributed by atoms with Crippen molar-refractivity contribution < 1.29 is 20.4 Å². The van der Waals surface area contributed by atoms with Crippen LogP contribution in [0.2, 0.25) is 0 Å². The zero-order chi connectivity index (χ0) is 23.2. The summed E-state index contributed by atoms with van der Waals surface area (Å²) in [6.45, 7) is -0.330. The van der Waals surface area contributed by atoms with Gasteiger partial charge in [0.25, 0.3) is 0 Å². The first kappa shape index (κ1) is 22.6. The van der Waals surface area contributed by atoms with Crippen LogP contribution < -0.4 is 0 Å². The molecule has 4 N–H and O–H groups in total. The van der Waals surface area contributed by atoms with Crippen molar-refractivity contribution in [3.63, 3.8) is 0 Å². The van der Waals surface area contributed by atoms with Crippen LogP contribution in [-0.4, -0.2) is 20.4 Å². The lowest BCUT2D eigenvalue weighted by molar-refractivity contribution is 0.278. The molecule has 4 aromatic carbocycles. The SMILES string of the molecule is OCc1c(Cc2ccccc2)cc(O)cc1Cc1cc(O)cc(Cc2ccccc2)c1CO. The third-order valence-electron chi connectivity index (χ3n) is 6.01. The number of phenolic OH excluding ortho intramolecular Hbond substituents is 2. The molecule has 0 atom stereocenters. The summed E-state index contributed by atoms with van der Waals surface area (Å²) in [5, 5.41) is 41.2. The van der Waals surface area contributed by atoms with E-state index in [9.17, 15) is 20.4 Å². The van der Waals surface area contributed by atoms with Crippen LogP contribution in [-0.2, 0) is 32.5 Å². The van der Waals surface area contributed by atoms with Crippen molar-refractivity contribution in [3.05, 3.63) is 129 Å². The number of aliphatic hydroxyl groups is 2. The first-order valence-corrected chi connectivity index (χ1v) is 11.0. The monoisotopic (exact) mass is 440 g/mol. The Kier molecular flexibility index (Phi) is 7.08. The lowest BCUT2D eigenvalue weighted by atomic mass is 9.88. The number of hydrogen-bond acceptors (Lipinski definition) is 4. The fourth-order valence-corrected chi connectivity index (χ4v) is 4.43. The molecule has 0 unspecified atom stereocenters. The average molecular weight is 441 g/mol. The zero-order valence-corrected chi connectivity index (χ0v) is 18.4. The van der Waals surface area contributed by atoms with Gasteiger partial charge in [0.05, 0.1) is 13.2 Å². The van der Waals surface area contributed by atoms with Crippen molar-refractivity contribution in [2.75, 3.05) is 0 Å².